The average molecular weight is 339 g/mol. The summed E-state index contributed by atoms with van der Waals surface area (Å²) in [5.41, 5.74) is 2.49. The minimum atomic E-state index is -0.683. The molecule has 2 aromatic carbocycles. The maximum absolute atomic E-state index is 13.2. The molecule has 0 saturated heterocycles. The van der Waals surface area contributed by atoms with Crippen LogP contribution < -0.4 is 4.74 Å². The Bertz CT molecular complexity index is 613. The maximum atomic E-state index is 13.2. The third-order valence-electron chi connectivity index (χ3n) is 3.22. The quantitative estimate of drug-likeness (QED) is 0.905. The molecule has 106 valence electrons. The Morgan fingerprint density at radius 3 is 2.65 bits per heavy atom. The summed E-state index contributed by atoms with van der Waals surface area (Å²) in [7, 11) is 1.61. The van der Waals surface area contributed by atoms with Crippen LogP contribution in [0.4, 0.5) is 4.39 Å². The number of methoxy groups -OCH3 is 1. The van der Waals surface area contributed by atoms with E-state index < -0.39 is 6.10 Å². The second-order valence-electron chi connectivity index (χ2n) is 4.68. The topological polar surface area (TPSA) is 29.5 Å². The molecule has 0 amide bonds. The van der Waals surface area contributed by atoms with Crippen LogP contribution in [-0.4, -0.2) is 12.2 Å². The van der Waals surface area contributed by atoms with Crippen LogP contribution in [0.15, 0.2) is 40.9 Å². The number of aryl methyl sites for hydroxylation is 1. The largest absolute Gasteiger partial charge is 0.496 e. The molecule has 0 aliphatic rings. The molecule has 2 nitrogen and oxygen atoms in total. The molecule has 0 radical (unpaired) electrons. The van der Waals surface area contributed by atoms with Crippen molar-refractivity contribution in [3.8, 4) is 5.75 Å². The first-order valence-electron chi connectivity index (χ1n) is 6.28. The van der Waals surface area contributed by atoms with Crippen molar-refractivity contribution in [2.24, 2.45) is 0 Å². The van der Waals surface area contributed by atoms with Gasteiger partial charge in [0.05, 0.1) is 13.2 Å². The summed E-state index contributed by atoms with van der Waals surface area (Å²) in [5.74, 6) is 0.481. The Labute approximate surface area is 126 Å². The summed E-state index contributed by atoms with van der Waals surface area (Å²) < 4.78 is 19.2. The zero-order chi connectivity index (χ0) is 14.7. The molecule has 1 unspecified atom stereocenters. The highest BCUT2D eigenvalue weighted by Gasteiger charge is 2.13. The molecule has 2 aromatic rings. The van der Waals surface area contributed by atoms with E-state index in [1.165, 1.54) is 12.1 Å². The number of aliphatic hydroxyl groups is 1. The number of aliphatic hydroxyl groups excluding tert-OH is 1. The SMILES string of the molecule is COc1ccc(C(O)Cc2cc(F)ccc2Br)cc1C. The minimum absolute atomic E-state index is 0.304. The van der Waals surface area contributed by atoms with E-state index in [-0.39, 0.29) is 5.82 Å². The van der Waals surface area contributed by atoms with Crippen LogP contribution >= 0.6 is 15.9 Å². The Hall–Kier alpha value is -1.39. The molecule has 0 aliphatic carbocycles. The molecule has 0 saturated carbocycles. The smallest absolute Gasteiger partial charge is 0.123 e. The Kier molecular flexibility index (Phi) is 4.78. The molecule has 0 spiro atoms. The van der Waals surface area contributed by atoms with Gasteiger partial charge in [0.25, 0.3) is 0 Å². The summed E-state index contributed by atoms with van der Waals surface area (Å²) in [4.78, 5) is 0. The van der Waals surface area contributed by atoms with E-state index in [0.29, 0.717) is 6.42 Å². The van der Waals surface area contributed by atoms with Crippen LogP contribution in [0.1, 0.15) is 22.8 Å². The molecule has 0 aliphatic heterocycles. The lowest BCUT2D eigenvalue weighted by atomic mass is 9.99. The van der Waals surface area contributed by atoms with E-state index >= 15 is 0 Å². The highest BCUT2D eigenvalue weighted by atomic mass is 79.9. The van der Waals surface area contributed by atoms with Crippen LogP contribution in [0.25, 0.3) is 0 Å². The fourth-order valence-electron chi connectivity index (χ4n) is 2.13. The molecular weight excluding hydrogens is 323 g/mol. The Balaban J connectivity index is 2.21. The van der Waals surface area contributed by atoms with Gasteiger partial charge >= 0.3 is 0 Å². The van der Waals surface area contributed by atoms with Crippen LogP contribution in [0, 0.1) is 12.7 Å². The predicted molar refractivity (Wildman–Crippen MR) is 80.5 cm³/mol. The van der Waals surface area contributed by atoms with Crippen molar-refractivity contribution in [2.75, 3.05) is 7.11 Å². The van der Waals surface area contributed by atoms with E-state index in [1.807, 2.05) is 25.1 Å². The Morgan fingerprint density at radius 2 is 2.00 bits per heavy atom. The molecule has 0 fully saturated rings. The Morgan fingerprint density at radius 1 is 1.25 bits per heavy atom. The highest BCUT2D eigenvalue weighted by molar-refractivity contribution is 9.10. The third kappa shape index (κ3) is 3.38. The predicted octanol–water partition coefficient (Wildman–Crippen LogP) is 4.18. The van der Waals surface area contributed by atoms with Crippen molar-refractivity contribution in [1.29, 1.82) is 0 Å². The lowest BCUT2D eigenvalue weighted by molar-refractivity contribution is 0.178. The van der Waals surface area contributed by atoms with E-state index in [4.69, 9.17) is 4.74 Å². The van der Waals surface area contributed by atoms with Crippen molar-refractivity contribution in [2.45, 2.75) is 19.4 Å². The lowest BCUT2D eigenvalue weighted by Gasteiger charge is -2.14. The third-order valence-corrected chi connectivity index (χ3v) is 4.00. The summed E-state index contributed by atoms with van der Waals surface area (Å²) in [5, 5.41) is 10.3. The summed E-state index contributed by atoms with van der Waals surface area (Å²) in [6.45, 7) is 1.92. The molecule has 1 atom stereocenters. The van der Waals surface area contributed by atoms with Gasteiger partial charge in [0, 0.05) is 10.9 Å². The van der Waals surface area contributed by atoms with Gasteiger partial charge < -0.3 is 9.84 Å². The van der Waals surface area contributed by atoms with Crippen LogP contribution in [0.5, 0.6) is 5.75 Å². The van der Waals surface area contributed by atoms with Gasteiger partial charge in [-0.2, -0.15) is 0 Å². The molecule has 0 bridgehead atoms. The number of rotatable bonds is 4. The van der Waals surface area contributed by atoms with Gasteiger partial charge in [0.15, 0.2) is 0 Å². The molecule has 1 N–H and O–H groups in total. The second-order valence-corrected chi connectivity index (χ2v) is 5.54. The average Bonchev–Trinajstić information content (AvgIpc) is 2.42. The van der Waals surface area contributed by atoms with Gasteiger partial charge in [-0.15, -0.1) is 0 Å². The van der Waals surface area contributed by atoms with Crippen molar-refractivity contribution < 1.29 is 14.2 Å². The van der Waals surface area contributed by atoms with Crippen LogP contribution in [-0.2, 0) is 6.42 Å². The first-order valence-corrected chi connectivity index (χ1v) is 7.07. The number of hydrogen-bond acceptors (Lipinski definition) is 2. The first-order chi connectivity index (χ1) is 9.51. The van der Waals surface area contributed by atoms with E-state index in [2.05, 4.69) is 15.9 Å². The molecule has 20 heavy (non-hydrogen) atoms. The van der Waals surface area contributed by atoms with Crippen molar-refractivity contribution in [3.05, 3.63) is 63.4 Å². The number of ether oxygens (including phenoxy) is 1. The first kappa shape index (κ1) is 15.0. The molecule has 0 aromatic heterocycles. The zero-order valence-electron chi connectivity index (χ0n) is 11.4. The van der Waals surface area contributed by atoms with Gasteiger partial charge in [-0.3, -0.25) is 0 Å². The van der Waals surface area contributed by atoms with Crippen LogP contribution in [0.2, 0.25) is 0 Å². The standard InChI is InChI=1S/C16H16BrFO2/c1-10-7-11(3-6-16(10)20-2)15(19)9-12-8-13(18)4-5-14(12)17/h3-8,15,19H,9H2,1-2H3. The summed E-state index contributed by atoms with van der Waals surface area (Å²) in [6.07, 6.45) is -0.331. The van der Waals surface area contributed by atoms with Crippen molar-refractivity contribution in [3.63, 3.8) is 0 Å². The monoisotopic (exact) mass is 338 g/mol. The fourth-order valence-corrected chi connectivity index (χ4v) is 2.54. The highest BCUT2D eigenvalue weighted by Crippen LogP contribution is 2.27. The van der Waals surface area contributed by atoms with E-state index in [1.54, 1.807) is 13.2 Å². The number of halogens is 2. The summed E-state index contributed by atoms with van der Waals surface area (Å²) in [6, 6.07) is 10.0. The lowest BCUT2D eigenvalue weighted by Crippen LogP contribution is -2.03. The van der Waals surface area contributed by atoms with Gasteiger partial charge in [-0.1, -0.05) is 22.0 Å². The maximum Gasteiger partial charge on any atom is 0.123 e. The number of hydrogen-bond donors (Lipinski definition) is 1. The minimum Gasteiger partial charge on any atom is -0.496 e. The van der Waals surface area contributed by atoms with Gasteiger partial charge in [0.2, 0.25) is 0 Å². The van der Waals surface area contributed by atoms with Gasteiger partial charge in [0.1, 0.15) is 11.6 Å². The second kappa shape index (κ2) is 6.37. The van der Waals surface area contributed by atoms with Crippen LogP contribution in [0.3, 0.4) is 0 Å². The molecule has 0 heterocycles. The van der Waals surface area contributed by atoms with Crippen molar-refractivity contribution in [1.82, 2.24) is 0 Å². The molecule has 2 rings (SSSR count). The van der Waals surface area contributed by atoms with E-state index in [0.717, 1.165) is 26.9 Å². The molecule has 4 heteroatoms. The zero-order valence-corrected chi connectivity index (χ0v) is 12.9. The van der Waals surface area contributed by atoms with Crippen molar-refractivity contribution >= 4 is 15.9 Å². The number of benzene rings is 2. The van der Waals surface area contributed by atoms with Gasteiger partial charge in [-0.25, -0.2) is 4.39 Å². The van der Waals surface area contributed by atoms with E-state index in [9.17, 15) is 9.50 Å². The fraction of sp³-hybridized carbons (Fsp3) is 0.250. The van der Waals surface area contributed by atoms with Gasteiger partial charge in [-0.05, 0) is 53.9 Å². The molecular formula is C16H16BrFO2. The normalized spacial score (nSPS) is 12.2. The summed E-state index contributed by atoms with van der Waals surface area (Å²) >= 11 is 3.37.